The van der Waals surface area contributed by atoms with Gasteiger partial charge in [0, 0.05) is 0 Å². The molecule has 1 saturated carbocycles. The number of rotatable bonds is 8. The summed E-state index contributed by atoms with van der Waals surface area (Å²) in [6, 6.07) is -1.62. The number of aliphatic carboxylic acids is 1. The van der Waals surface area contributed by atoms with Crippen molar-refractivity contribution in [3.8, 4) is 0 Å². The highest BCUT2D eigenvalue weighted by atomic mass is 16.4. The topological polar surface area (TPSA) is 113 Å². The zero-order valence-corrected chi connectivity index (χ0v) is 12.6. The summed E-state index contributed by atoms with van der Waals surface area (Å²) in [4.78, 5) is 21.3. The molecule has 1 aliphatic rings. The number of hydrogen-bond acceptors (Lipinski definition) is 5. The van der Waals surface area contributed by atoms with Gasteiger partial charge in [0.25, 0.3) is 0 Å². The summed E-state index contributed by atoms with van der Waals surface area (Å²) in [6.07, 6.45) is 5.09. The third-order valence-corrected chi connectivity index (χ3v) is 4.26. The van der Waals surface area contributed by atoms with Crippen LogP contribution in [0.4, 0.5) is 0 Å². The van der Waals surface area contributed by atoms with Crippen molar-refractivity contribution in [1.82, 2.24) is 5.32 Å². The van der Waals surface area contributed by atoms with Crippen LogP contribution < -0.4 is 11.1 Å². The number of allylic oxidation sites excluding steroid dienone is 1. The molecule has 6 heteroatoms. The summed E-state index contributed by atoms with van der Waals surface area (Å²) in [7, 11) is 0. The Bertz CT molecular complexity index is 376. The number of carbonyl (C=O) groups excluding carboxylic acids is 1. The molecular formula is C15H26N2O4. The van der Waals surface area contributed by atoms with Crippen molar-refractivity contribution in [2.75, 3.05) is 0 Å². The van der Waals surface area contributed by atoms with Gasteiger partial charge in [0.2, 0.25) is 0 Å². The molecule has 0 amide bonds. The number of nitrogens with two attached hydrogens (primary N) is 1. The Kier molecular flexibility index (Phi) is 7.01. The number of carboxylic acid groups (broad SMARTS) is 1. The number of carbonyl (C=O) groups is 2. The Hall–Kier alpha value is -1.24. The fourth-order valence-corrected chi connectivity index (χ4v) is 2.88. The van der Waals surface area contributed by atoms with E-state index in [-0.39, 0.29) is 6.42 Å². The number of aldehydes is 1. The van der Waals surface area contributed by atoms with E-state index in [9.17, 15) is 14.7 Å². The molecule has 120 valence electrons. The molecule has 0 spiro atoms. The van der Waals surface area contributed by atoms with Crippen LogP contribution in [0.1, 0.15) is 33.1 Å². The number of nitrogens with one attached hydrogen (secondary N) is 1. The SMILES string of the molecule is CC1CCC(C)C1C=CC(N)C(O)N[C@H](C=O)CC(=O)O. The third-order valence-electron chi connectivity index (χ3n) is 4.26. The average molecular weight is 298 g/mol. The Labute approximate surface area is 125 Å². The molecule has 6 nitrogen and oxygen atoms in total. The molecule has 21 heavy (non-hydrogen) atoms. The monoisotopic (exact) mass is 298 g/mol. The molecule has 0 aromatic carbocycles. The van der Waals surface area contributed by atoms with E-state index in [0.29, 0.717) is 24.0 Å². The lowest BCUT2D eigenvalue weighted by Crippen LogP contribution is -2.49. The van der Waals surface area contributed by atoms with Gasteiger partial charge in [0.15, 0.2) is 0 Å². The van der Waals surface area contributed by atoms with E-state index in [4.69, 9.17) is 10.8 Å². The average Bonchev–Trinajstić information content (AvgIpc) is 2.74. The van der Waals surface area contributed by atoms with Crippen LogP contribution >= 0.6 is 0 Å². The maximum Gasteiger partial charge on any atom is 0.305 e. The molecule has 0 bridgehead atoms. The van der Waals surface area contributed by atoms with Crippen LogP contribution in [0.3, 0.4) is 0 Å². The van der Waals surface area contributed by atoms with Crippen molar-refractivity contribution < 1.29 is 19.8 Å². The van der Waals surface area contributed by atoms with Gasteiger partial charge in [-0.15, -0.1) is 0 Å². The maximum absolute atomic E-state index is 10.8. The van der Waals surface area contributed by atoms with Crippen molar-refractivity contribution in [2.24, 2.45) is 23.5 Å². The van der Waals surface area contributed by atoms with Crippen LogP contribution in [-0.4, -0.2) is 40.8 Å². The van der Waals surface area contributed by atoms with E-state index < -0.39 is 24.3 Å². The third kappa shape index (κ3) is 5.57. The van der Waals surface area contributed by atoms with Crippen LogP contribution in [0.25, 0.3) is 0 Å². The lowest BCUT2D eigenvalue weighted by molar-refractivity contribution is -0.138. The zero-order chi connectivity index (χ0) is 16.0. The Morgan fingerprint density at radius 2 is 1.95 bits per heavy atom. The van der Waals surface area contributed by atoms with Crippen LogP contribution in [-0.2, 0) is 9.59 Å². The first kappa shape index (κ1) is 17.8. The minimum Gasteiger partial charge on any atom is -0.481 e. The Morgan fingerprint density at radius 3 is 2.43 bits per heavy atom. The summed E-state index contributed by atoms with van der Waals surface area (Å²) >= 11 is 0. The molecule has 4 unspecified atom stereocenters. The minimum absolute atomic E-state index is 0.381. The van der Waals surface area contributed by atoms with E-state index in [0.717, 1.165) is 0 Å². The number of aliphatic hydroxyl groups is 1. The molecule has 0 aromatic heterocycles. The second-order valence-corrected chi connectivity index (χ2v) is 6.02. The van der Waals surface area contributed by atoms with Gasteiger partial charge >= 0.3 is 5.97 Å². The Balaban J connectivity index is 2.51. The number of hydrogen-bond donors (Lipinski definition) is 4. The van der Waals surface area contributed by atoms with E-state index >= 15 is 0 Å². The van der Waals surface area contributed by atoms with Gasteiger partial charge in [0.1, 0.15) is 12.5 Å². The van der Waals surface area contributed by atoms with Crippen LogP contribution in [0, 0.1) is 17.8 Å². The van der Waals surface area contributed by atoms with E-state index in [2.05, 4.69) is 19.2 Å². The minimum atomic E-state index is -1.15. The van der Waals surface area contributed by atoms with E-state index in [1.807, 2.05) is 6.08 Å². The summed E-state index contributed by atoms with van der Waals surface area (Å²) in [5.74, 6) is 0.542. The molecule has 1 rings (SSSR count). The van der Waals surface area contributed by atoms with Crippen LogP contribution in [0.2, 0.25) is 0 Å². The molecule has 0 saturated heterocycles. The first-order valence-corrected chi connectivity index (χ1v) is 7.40. The van der Waals surface area contributed by atoms with Gasteiger partial charge in [-0.3, -0.25) is 10.1 Å². The van der Waals surface area contributed by atoms with Gasteiger partial charge in [0.05, 0.1) is 18.5 Å². The molecule has 0 heterocycles. The molecule has 0 aromatic rings. The second-order valence-electron chi connectivity index (χ2n) is 6.02. The largest absolute Gasteiger partial charge is 0.481 e. The van der Waals surface area contributed by atoms with Crippen LogP contribution in [0.15, 0.2) is 12.2 Å². The zero-order valence-electron chi connectivity index (χ0n) is 12.6. The first-order valence-electron chi connectivity index (χ1n) is 7.40. The smallest absolute Gasteiger partial charge is 0.305 e. The lowest BCUT2D eigenvalue weighted by atomic mass is 9.91. The van der Waals surface area contributed by atoms with Crippen molar-refractivity contribution in [2.45, 2.75) is 51.4 Å². The van der Waals surface area contributed by atoms with Gasteiger partial charge in [-0.25, -0.2) is 0 Å². The Morgan fingerprint density at radius 1 is 1.38 bits per heavy atom. The second kappa shape index (κ2) is 8.26. The van der Waals surface area contributed by atoms with Gasteiger partial charge in [-0.2, -0.15) is 0 Å². The summed E-state index contributed by atoms with van der Waals surface area (Å²) in [6.45, 7) is 4.40. The lowest BCUT2D eigenvalue weighted by Gasteiger charge is -2.22. The summed E-state index contributed by atoms with van der Waals surface area (Å²) < 4.78 is 0. The number of carboxylic acids is 1. The fourth-order valence-electron chi connectivity index (χ4n) is 2.88. The normalized spacial score (nSPS) is 30.2. The molecule has 1 aliphatic carbocycles. The van der Waals surface area contributed by atoms with E-state index in [1.54, 1.807) is 6.08 Å². The van der Waals surface area contributed by atoms with Crippen LogP contribution in [0.5, 0.6) is 0 Å². The first-order chi connectivity index (χ1) is 9.85. The fraction of sp³-hybridized carbons (Fsp3) is 0.733. The predicted molar refractivity (Wildman–Crippen MR) is 79.4 cm³/mol. The standard InChI is InChI=1S/C15H26N2O4/c1-9-3-4-10(2)12(9)5-6-13(16)15(21)17-11(8-18)7-14(19)20/h5-6,8-13,15,17,21H,3-4,7,16H2,1-2H3,(H,19,20)/t9?,10?,11-,12?,13?,15?/m0/s1. The van der Waals surface area contributed by atoms with Gasteiger partial charge < -0.3 is 20.7 Å². The molecular weight excluding hydrogens is 272 g/mol. The summed E-state index contributed by atoms with van der Waals surface area (Å²) in [5, 5.41) is 21.1. The summed E-state index contributed by atoms with van der Waals surface area (Å²) in [5.41, 5.74) is 5.86. The molecule has 5 N–H and O–H groups in total. The molecule has 0 radical (unpaired) electrons. The van der Waals surface area contributed by atoms with Crippen molar-refractivity contribution >= 4 is 12.3 Å². The van der Waals surface area contributed by atoms with Crippen molar-refractivity contribution in [3.05, 3.63) is 12.2 Å². The highest BCUT2D eigenvalue weighted by Crippen LogP contribution is 2.37. The van der Waals surface area contributed by atoms with Crippen molar-refractivity contribution in [3.63, 3.8) is 0 Å². The number of aliphatic hydroxyl groups excluding tert-OH is 1. The molecule has 0 aliphatic heterocycles. The highest BCUT2D eigenvalue weighted by molar-refractivity contribution is 5.73. The highest BCUT2D eigenvalue weighted by Gasteiger charge is 2.28. The predicted octanol–water partition coefficient (Wildman–Crippen LogP) is 0.502. The van der Waals surface area contributed by atoms with E-state index in [1.165, 1.54) is 12.8 Å². The molecule has 5 atom stereocenters. The molecule has 1 fully saturated rings. The van der Waals surface area contributed by atoms with Gasteiger partial charge in [-0.05, 0) is 30.6 Å². The van der Waals surface area contributed by atoms with Crippen molar-refractivity contribution in [1.29, 1.82) is 0 Å². The van der Waals surface area contributed by atoms with Gasteiger partial charge in [-0.1, -0.05) is 26.0 Å². The quantitative estimate of drug-likeness (QED) is 0.295. The maximum atomic E-state index is 10.8.